The van der Waals surface area contributed by atoms with Crippen molar-refractivity contribution in [3.63, 3.8) is 0 Å². The third-order valence-electron chi connectivity index (χ3n) is 3.60. The van der Waals surface area contributed by atoms with Crippen LogP contribution < -0.4 is 5.32 Å². The highest BCUT2D eigenvalue weighted by Crippen LogP contribution is 2.29. The van der Waals surface area contributed by atoms with Crippen LogP contribution in [0.2, 0.25) is 0 Å². The number of fused-ring (bicyclic) bond motifs is 1. The Hall–Kier alpha value is -2.31. The lowest BCUT2D eigenvalue weighted by Gasteiger charge is -2.24. The second-order valence-electron chi connectivity index (χ2n) is 4.94. The zero-order valence-corrected chi connectivity index (χ0v) is 12.2. The van der Waals surface area contributed by atoms with Gasteiger partial charge < -0.3 is 10.1 Å². The molecule has 0 aromatic carbocycles. The normalized spacial score (nSPS) is 17.1. The molecular formula is C14H19N5O2. The van der Waals surface area contributed by atoms with E-state index < -0.39 is 0 Å². The fraction of sp³-hybridized carbons (Fsp3) is 0.500. The van der Waals surface area contributed by atoms with Gasteiger partial charge in [-0.3, -0.25) is 4.68 Å². The molecule has 0 saturated carbocycles. The number of ether oxygens (including phenoxy) is 1. The quantitative estimate of drug-likeness (QED) is 0.867. The monoisotopic (exact) mass is 289 g/mol. The van der Waals surface area contributed by atoms with E-state index in [1.807, 2.05) is 21.8 Å². The van der Waals surface area contributed by atoms with Gasteiger partial charge in [0.25, 0.3) is 0 Å². The molecule has 7 heteroatoms. The summed E-state index contributed by atoms with van der Waals surface area (Å²) in [5, 5.41) is 12.0. The van der Waals surface area contributed by atoms with E-state index in [4.69, 9.17) is 4.74 Å². The van der Waals surface area contributed by atoms with Crippen LogP contribution in [0.15, 0.2) is 18.5 Å². The number of carbonyl (C=O) groups is 1. The van der Waals surface area contributed by atoms with E-state index in [2.05, 4.69) is 22.4 Å². The molecule has 0 bridgehead atoms. The summed E-state index contributed by atoms with van der Waals surface area (Å²) in [6.45, 7) is 5.87. The Morgan fingerprint density at radius 3 is 3.10 bits per heavy atom. The standard InChI is InChI=1S/C14H19N5O2/c1-3-18-9-10(8-16-18)12-5-6-15-13-7-11(17-19(12)13)14(20)21-4-2/h7-9,12,15H,3-6H2,1-2H3. The van der Waals surface area contributed by atoms with Gasteiger partial charge in [0.05, 0.1) is 18.8 Å². The van der Waals surface area contributed by atoms with Gasteiger partial charge in [0, 0.05) is 30.9 Å². The van der Waals surface area contributed by atoms with Gasteiger partial charge in [0.15, 0.2) is 5.69 Å². The highest BCUT2D eigenvalue weighted by molar-refractivity contribution is 5.88. The second kappa shape index (κ2) is 5.59. The zero-order valence-electron chi connectivity index (χ0n) is 12.2. The molecule has 1 aliphatic rings. The van der Waals surface area contributed by atoms with Crippen molar-refractivity contribution in [2.24, 2.45) is 0 Å². The lowest BCUT2D eigenvalue weighted by Crippen LogP contribution is -2.24. The first kappa shape index (κ1) is 13.7. The van der Waals surface area contributed by atoms with Crippen molar-refractivity contribution >= 4 is 11.8 Å². The van der Waals surface area contributed by atoms with Crippen LogP contribution in [0, 0.1) is 0 Å². The predicted molar refractivity (Wildman–Crippen MR) is 77.3 cm³/mol. The summed E-state index contributed by atoms with van der Waals surface area (Å²) in [5.74, 6) is 0.461. The van der Waals surface area contributed by atoms with Crippen LogP contribution in [0.3, 0.4) is 0 Å². The molecule has 1 atom stereocenters. The minimum absolute atomic E-state index is 0.102. The third-order valence-corrected chi connectivity index (χ3v) is 3.60. The highest BCUT2D eigenvalue weighted by Gasteiger charge is 2.26. The molecule has 2 aromatic rings. The molecule has 1 N–H and O–H groups in total. The molecule has 3 rings (SSSR count). The Morgan fingerprint density at radius 1 is 1.52 bits per heavy atom. The highest BCUT2D eigenvalue weighted by atomic mass is 16.5. The molecular weight excluding hydrogens is 270 g/mol. The van der Waals surface area contributed by atoms with Crippen molar-refractivity contribution in [1.82, 2.24) is 19.6 Å². The van der Waals surface area contributed by atoms with Crippen molar-refractivity contribution in [1.29, 1.82) is 0 Å². The Morgan fingerprint density at radius 2 is 2.38 bits per heavy atom. The van der Waals surface area contributed by atoms with Crippen LogP contribution in [0.1, 0.15) is 42.4 Å². The van der Waals surface area contributed by atoms with Gasteiger partial charge in [0.2, 0.25) is 0 Å². The first-order chi connectivity index (χ1) is 10.2. The van der Waals surface area contributed by atoms with E-state index >= 15 is 0 Å². The number of aromatic nitrogens is 4. The van der Waals surface area contributed by atoms with E-state index in [0.29, 0.717) is 12.3 Å². The maximum atomic E-state index is 11.8. The largest absolute Gasteiger partial charge is 0.461 e. The summed E-state index contributed by atoms with van der Waals surface area (Å²) >= 11 is 0. The lowest BCUT2D eigenvalue weighted by atomic mass is 10.1. The SMILES string of the molecule is CCOC(=O)c1cc2n(n1)C(c1cnn(CC)c1)CCN2. The first-order valence-electron chi connectivity index (χ1n) is 7.25. The number of aryl methyl sites for hydroxylation is 1. The summed E-state index contributed by atoms with van der Waals surface area (Å²) in [6.07, 6.45) is 4.81. The van der Waals surface area contributed by atoms with Gasteiger partial charge in [0.1, 0.15) is 5.82 Å². The van der Waals surface area contributed by atoms with Gasteiger partial charge >= 0.3 is 5.97 Å². The van der Waals surface area contributed by atoms with Gasteiger partial charge in [-0.25, -0.2) is 9.48 Å². The third kappa shape index (κ3) is 2.51. The van der Waals surface area contributed by atoms with E-state index in [-0.39, 0.29) is 12.0 Å². The van der Waals surface area contributed by atoms with Crippen LogP contribution in [-0.2, 0) is 11.3 Å². The average molecular weight is 289 g/mol. The first-order valence-corrected chi connectivity index (χ1v) is 7.25. The number of carbonyl (C=O) groups excluding carboxylic acids is 1. The number of hydrogen-bond acceptors (Lipinski definition) is 5. The maximum Gasteiger partial charge on any atom is 0.358 e. The van der Waals surface area contributed by atoms with Crippen LogP contribution in [0.5, 0.6) is 0 Å². The minimum Gasteiger partial charge on any atom is -0.461 e. The Labute approximate surface area is 122 Å². The Bertz CT molecular complexity index is 646. The van der Waals surface area contributed by atoms with Gasteiger partial charge in [-0.1, -0.05) is 0 Å². The summed E-state index contributed by atoms with van der Waals surface area (Å²) < 4.78 is 8.76. The molecule has 0 amide bonds. The molecule has 7 nitrogen and oxygen atoms in total. The number of hydrogen-bond donors (Lipinski definition) is 1. The van der Waals surface area contributed by atoms with E-state index in [0.717, 1.165) is 30.9 Å². The van der Waals surface area contributed by atoms with E-state index in [9.17, 15) is 4.79 Å². The van der Waals surface area contributed by atoms with Gasteiger partial charge in [-0.2, -0.15) is 10.2 Å². The molecule has 0 saturated heterocycles. The molecule has 1 aliphatic heterocycles. The van der Waals surface area contributed by atoms with Crippen molar-refractivity contribution in [3.8, 4) is 0 Å². The molecule has 21 heavy (non-hydrogen) atoms. The molecule has 0 fully saturated rings. The van der Waals surface area contributed by atoms with Crippen LogP contribution in [0.25, 0.3) is 0 Å². The second-order valence-corrected chi connectivity index (χ2v) is 4.94. The summed E-state index contributed by atoms with van der Waals surface area (Å²) in [5.41, 5.74) is 1.45. The molecule has 2 aromatic heterocycles. The smallest absolute Gasteiger partial charge is 0.358 e. The van der Waals surface area contributed by atoms with Crippen molar-refractivity contribution < 1.29 is 9.53 Å². The molecule has 0 radical (unpaired) electrons. The molecule has 3 heterocycles. The Kier molecular flexibility index (Phi) is 3.64. The number of esters is 1. The predicted octanol–water partition coefficient (Wildman–Crippen LogP) is 1.68. The summed E-state index contributed by atoms with van der Waals surface area (Å²) in [6, 6.07) is 1.85. The zero-order chi connectivity index (χ0) is 14.8. The van der Waals surface area contributed by atoms with Crippen LogP contribution in [-0.4, -0.2) is 38.7 Å². The number of rotatable bonds is 4. The fourth-order valence-corrected chi connectivity index (χ4v) is 2.56. The van der Waals surface area contributed by atoms with Crippen LogP contribution >= 0.6 is 0 Å². The number of nitrogens with one attached hydrogen (secondary N) is 1. The van der Waals surface area contributed by atoms with E-state index in [1.165, 1.54) is 0 Å². The lowest BCUT2D eigenvalue weighted by molar-refractivity contribution is 0.0518. The average Bonchev–Trinajstić information content (AvgIpc) is 3.13. The maximum absolute atomic E-state index is 11.8. The van der Waals surface area contributed by atoms with Crippen molar-refractivity contribution in [2.45, 2.75) is 32.9 Å². The van der Waals surface area contributed by atoms with Gasteiger partial charge in [-0.05, 0) is 20.3 Å². The topological polar surface area (TPSA) is 74.0 Å². The number of nitrogens with zero attached hydrogens (tertiary/aromatic N) is 4. The van der Waals surface area contributed by atoms with Crippen molar-refractivity contribution in [2.75, 3.05) is 18.5 Å². The molecule has 1 unspecified atom stereocenters. The van der Waals surface area contributed by atoms with Crippen molar-refractivity contribution in [3.05, 3.63) is 29.7 Å². The van der Waals surface area contributed by atoms with Gasteiger partial charge in [-0.15, -0.1) is 0 Å². The Balaban J connectivity index is 1.92. The van der Waals surface area contributed by atoms with Crippen LogP contribution in [0.4, 0.5) is 5.82 Å². The number of anilines is 1. The fourth-order valence-electron chi connectivity index (χ4n) is 2.56. The minimum atomic E-state index is -0.385. The molecule has 112 valence electrons. The van der Waals surface area contributed by atoms with E-state index in [1.54, 1.807) is 13.0 Å². The molecule has 0 spiro atoms. The molecule has 0 aliphatic carbocycles. The summed E-state index contributed by atoms with van der Waals surface area (Å²) in [7, 11) is 0. The summed E-state index contributed by atoms with van der Waals surface area (Å²) in [4.78, 5) is 11.8.